The maximum Gasteiger partial charge on any atom is 0.231 e. The van der Waals surface area contributed by atoms with Gasteiger partial charge in [-0.15, -0.1) is 0 Å². The van der Waals surface area contributed by atoms with E-state index in [2.05, 4.69) is 10.3 Å². The number of hydrogen-bond acceptors (Lipinski definition) is 6. The molecule has 0 fully saturated rings. The number of hydrogen-bond donors (Lipinski definition) is 1. The van der Waals surface area contributed by atoms with Crippen LogP contribution in [0, 0.1) is 0 Å². The van der Waals surface area contributed by atoms with Crippen LogP contribution in [-0.2, 0) is 11.2 Å². The number of thiazole rings is 1. The summed E-state index contributed by atoms with van der Waals surface area (Å²) in [6.45, 7) is 2.78. The first-order valence-corrected chi connectivity index (χ1v) is 8.74. The summed E-state index contributed by atoms with van der Waals surface area (Å²) in [4.78, 5) is 16.7. The molecule has 1 aliphatic heterocycles. The highest BCUT2D eigenvalue weighted by Crippen LogP contribution is 2.33. The van der Waals surface area contributed by atoms with E-state index < -0.39 is 0 Å². The van der Waals surface area contributed by atoms with Gasteiger partial charge in [0.05, 0.1) is 23.2 Å². The van der Waals surface area contributed by atoms with Crippen molar-refractivity contribution >= 4 is 32.6 Å². The van der Waals surface area contributed by atoms with E-state index in [0.29, 0.717) is 23.2 Å². The minimum Gasteiger partial charge on any atom is -0.494 e. The Hall–Kier alpha value is -2.80. The summed E-state index contributed by atoms with van der Waals surface area (Å²) in [6, 6.07) is 11.2. The molecule has 7 heteroatoms. The van der Waals surface area contributed by atoms with Gasteiger partial charge in [0.2, 0.25) is 12.7 Å². The van der Waals surface area contributed by atoms with Gasteiger partial charge in [-0.2, -0.15) is 0 Å². The van der Waals surface area contributed by atoms with Crippen LogP contribution in [0.1, 0.15) is 12.5 Å². The van der Waals surface area contributed by atoms with E-state index in [9.17, 15) is 4.79 Å². The fourth-order valence-corrected chi connectivity index (χ4v) is 3.53. The molecule has 0 saturated carbocycles. The molecule has 0 aliphatic carbocycles. The van der Waals surface area contributed by atoms with Crippen LogP contribution in [0.15, 0.2) is 36.4 Å². The molecule has 0 radical (unpaired) electrons. The number of carbonyl (C=O) groups is 1. The lowest BCUT2D eigenvalue weighted by Gasteiger charge is -2.03. The number of benzene rings is 2. The van der Waals surface area contributed by atoms with Crippen molar-refractivity contribution in [3.05, 3.63) is 42.0 Å². The van der Waals surface area contributed by atoms with Crippen molar-refractivity contribution in [3.8, 4) is 17.2 Å². The maximum absolute atomic E-state index is 12.3. The van der Waals surface area contributed by atoms with Crippen LogP contribution in [0.3, 0.4) is 0 Å². The number of amides is 1. The molecule has 4 rings (SSSR count). The molecular weight excluding hydrogens is 340 g/mol. The second-order valence-corrected chi connectivity index (χ2v) is 6.52. The molecule has 1 amide bonds. The van der Waals surface area contributed by atoms with E-state index in [1.807, 2.05) is 43.3 Å². The van der Waals surface area contributed by atoms with Crippen molar-refractivity contribution in [3.63, 3.8) is 0 Å². The second kappa shape index (κ2) is 6.60. The third kappa shape index (κ3) is 3.36. The van der Waals surface area contributed by atoms with Crippen LogP contribution >= 0.6 is 11.3 Å². The molecule has 0 bridgehead atoms. The number of nitrogens with one attached hydrogen (secondary N) is 1. The fraction of sp³-hybridized carbons (Fsp3) is 0.222. The van der Waals surface area contributed by atoms with Gasteiger partial charge in [0, 0.05) is 0 Å². The van der Waals surface area contributed by atoms with Crippen LogP contribution in [-0.4, -0.2) is 24.3 Å². The Morgan fingerprint density at radius 1 is 1.24 bits per heavy atom. The zero-order valence-electron chi connectivity index (χ0n) is 13.6. The smallest absolute Gasteiger partial charge is 0.231 e. The van der Waals surface area contributed by atoms with E-state index in [1.54, 1.807) is 0 Å². The standard InChI is InChI=1S/C18H16N2O4S/c1-2-22-12-4-5-13-16(9-12)25-18(19-13)20-17(21)8-11-3-6-14-15(7-11)24-10-23-14/h3-7,9H,2,8,10H2,1H3,(H,19,20,21). The van der Waals surface area contributed by atoms with Gasteiger partial charge in [-0.1, -0.05) is 17.4 Å². The molecule has 1 aromatic heterocycles. The monoisotopic (exact) mass is 356 g/mol. The third-order valence-corrected chi connectivity index (χ3v) is 4.65. The number of fused-ring (bicyclic) bond motifs is 2. The first-order valence-electron chi connectivity index (χ1n) is 7.93. The number of ether oxygens (including phenoxy) is 3. The zero-order valence-corrected chi connectivity index (χ0v) is 14.4. The Bertz CT molecular complexity index is 938. The number of rotatable bonds is 5. The first kappa shape index (κ1) is 15.7. The molecule has 128 valence electrons. The SMILES string of the molecule is CCOc1ccc2nc(NC(=O)Cc3ccc4c(c3)OCO4)sc2c1. The predicted octanol–water partition coefficient (Wildman–Crippen LogP) is 3.60. The summed E-state index contributed by atoms with van der Waals surface area (Å²) in [6.07, 6.45) is 0.247. The predicted molar refractivity (Wildman–Crippen MR) is 95.7 cm³/mol. The van der Waals surface area contributed by atoms with Crippen molar-refractivity contribution in [1.29, 1.82) is 0 Å². The van der Waals surface area contributed by atoms with E-state index in [1.165, 1.54) is 11.3 Å². The minimum absolute atomic E-state index is 0.122. The van der Waals surface area contributed by atoms with Gasteiger partial charge >= 0.3 is 0 Å². The number of aromatic nitrogens is 1. The summed E-state index contributed by atoms with van der Waals surface area (Å²) in [5, 5.41) is 3.43. The average Bonchev–Trinajstić information content (AvgIpc) is 3.20. The van der Waals surface area contributed by atoms with Crippen molar-refractivity contribution in [2.45, 2.75) is 13.3 Å². The molecule has 1 N–H and O–H groups in total. The largest absolute Gasteiger partial charge is 0.494 e. The molecule has 2 heterocycles. The minimum atomic E-state index is -0.122. The van der Waals surface area contributed by atoms with Gasteiger partial charge in [0.15, 0.2) is 16.6 Å². The van der Waals surface area contributed by atoms with Gasteiger partial charge < -0.3 is 19.5 Å². The van der Waals surface area contributed by atoms with Crippen molar-refractivity contribution in [2.24, 2.45) is 0 Å². The lowest BCUT2D eigenvalue weighted by Crippen LogP contribution is -2.14. The Morgan fingerprint density at radius 2 is 2.12 bits per heavy atom. The highest BCUT2D eigenvalue weighted by atomic mass is 32.1. The zero-order chi connectivity index (χ0) is 17.2. The molecule has 0 spiro atoms. The lowest BCUT2D eigenvalue weighted by molar-refractivity contribution is -0.115. The molecule has 25 heavy (non-hydrogen) atoms. The van der Waals surface area contributed by atoms with Crippen LogP contribution in [0.4, 0.5) is 5.13 Å². The summed E-state index contributed by atoms with van der Waals surface area (Å²) in [5.41, 5.74) is 1.70. The highest BCUT2D eigenvalue weighted by molar-refractivity contribution is 7.22. The Morgan fingerprint density at radius 3 is 3.00 bits per heavy atom. The lowest BCUT2D eigenvalue weighted by atomic mass is 10.1. The quantitative estimate of drug-likeness (QED) is 0.756. The molecule has 3 aromatic rings. The third-order valence-electron chi connectivity index (χ3n) is 3.72. The number of carbonyl (C=O) groups excluding carboxylic acids is 1. The van der Waals surface area contributed by atoms with E-state index in [4.69, 9.17) is 14.2 Å². The van der Waals surface area contributed by atoms with Crippen molar-refractivity contribution in [2.75, 3.05) is 18.7 Å². The molecule has 1 aliphatic rings. The summed E-state index contributed by atoms with van der Waals surface area (Å²) in [5.74, 6) is 2.06. The van der Waals surface area contributed by atoms with Crippen molar-refractivity contribution in [1.82, 2.24) is 4.98 Å². The number of nitrogens with zero attached hydrogens (tertiary/aromatic N) is 1. The van der Waals surface area contributed by atoms with Gasteiger partial charge in [-0.3, -0.25) is 4.79 Å². The fourth-order valence-electron chi connectivity index (χ4n) is 2.61. The van der Waals surface area contributed by atoms with Gasteiger partial charge in [-0.05, 0) is 42.8 Å². The summed E-state index contributed by atoms with van der Waals surface area (Å²) >= 11 is 1.43. The maximum atomic E-state index is 12.3. The first-order chi connectivity index (χ1) is 12.2. The average molecular weight is 356 g/mol. The Labute approximate surface area is 148 Å². The second-order valence-electron chi connectivity index (χ2n) is 5.49. The van der Waals surface area contributed by atoms with Crippen LogP contribution in [0.25, 0.3) is 10.2 Å². The summed E-state index contributed by atoms with van der Waals surface area (Å²) < 4.78 is 17.1. The van der Waals surface area contributed by atoms with Gasteiger partial charge in [-0.25, -0.2) is 4.98 Å². The molecular formula is C18H16N2O4S. The highest BCUT2D eigenvalue weighted by Gasteiger charge is 2.15. The topological polar surface area (TPSA) is 69.7 Å². The van der Waals surface area contributed by atoms with Crippen molar-refractivity contribution < 1.29 is 19.0 Å². The van der Waals surface area contributed by atoms with Gasteiger partial charge in [0.25, 0.3) is 0 Å². The molecule has 0 atom stereocenters. The summed E-state index contributed by atoms with van der Waals surface area (Å²) in [7, 11) is 0. The van der Waals surface area contributed by atoms with Crippen LogP contribution in [0.2, 0.25) is 0 Å². The van der Waals surface area contributed by atoms with Gasteiger partial charge in [0.1, 0.15) is 5.75 Å². The molecule has 6 nitrogen and oxygen atoms in total. The molecule has 2 aromatic carbocycles. The molecule has 0 unspecified atom stereocenters. The Balaban J connectivity index is 1.46. The Kier molecular flexibility index (Phi) is 4.15. The number of anilines is 1. The van der Waals surface area contributed by atoms with Crippen LogP contribution in [0.5, 0.6) is 17.2 Å². The molecule has 0 saturated heterocycles. The van der Waals surface area contributed by atoms with E-state index >= 15 is 0 Å². The van der Waals surface area contributed by atoms with Crippen LogP contribution < -0.4 is 19.5 Å². The van der Waals surface area contributed by atoms with E-state index in [-0.39, 0.29) is 19.1 Å². The normalized spacial score (nSPS) is 12.4. The van der Waals surface area contributed by atoms with E-state index in [0.717, 1.165) is 21.5 Å².